The highest BCUT2D eigenvalue weighted by Gasteiger charge is 2.48. The van der Waals surface area contributed by atoms with Crippen LogP contribution in [0.15, 0.2) is 52.2 Å². The Balaban J connectivity index is 1.70. The fourth-order valence-corrected chi connectivity index (χ4v) is 3.19. The van der Waals surface area contributed by atoms with Gasteiger partial charge in [0.1, 0.15) is 5.60 Å². The van der Waals surface area contributed by atoms with Crippen molar-refractivity contribution in [3.63, 3.8) is 0 Å². The van der Waals surface area contributed by atoms with E-state index >= 15 is 0 Å². The number of hydrogen-bond acceptors (Lipinski definition) is 6. The van der Waals surface area contributed by atoms with Crippen LogP contribution in [-0.4, -0.2) is 44.7 Å². The molecule has 8 heteroatoms. The van der Waals surface area contributed by atoms with E-state index in [0.29, 0.717) is 6.61 Å². The van der Waals surface area contributed by atoms with Crippen LogP contribution in [0.5, 0.6) is 0 Å². The van der Waals surface area contributed by atoms with Crippen LogP contribution >= 0.6 is 0 Å². The van der Waals surface area contributed by atoms with E-state index in [-0.39, 0.29) is 26.1 Å². The van der Waals surface area contributed by atoms with Crippen molar-refractivity contribution < 1.29 is 19.7 Å². The van der Waals surface area contributed by atoms with E-state index in [1.165, 1.54) is 12.3 Å². The minimum atomic E-state index is -1.43. The van der Waals surface area contributed by atoms with Crippen LogP contribution in [0.3, 0.4) is 0 Å². The molecule has 0 aliphatic carbocycles. The van der Waals surface area contributed by atoms with Crippen LogP contribution < -0.4 is 11.2 Å². The Morgan fingerprint density at radius 2 is 2.04 bits per heavy atom. The summed E-state index contributed by atoms with van der Waals surface area (Å²) in [5.41, 5.74) is -1.62. The summed E-state index contributed by atoms with van der Waals surface area (Å²) in [6, 6.07) is 10.8. The van der Waals surface area contributed by atoms with Crippen molar-refractivity contribution in [2.75, 3.05) is 13.2 Å². The molecule has 3 N–H and O–H groups in total. The van der Waals surface area contributed by atoms with Gasteiger partial charge in [-0.2, -0.15) is 0 Å². The first kappa shape index (κ1) is 18.5. The van der Waals surface area contributed by atoms with Crippen molar-refractivity contribution in [1.82, 2.24) is 9.55 Å². The zero-order chi connectivity index (χ0) is 18.6. The Hall–Kier alpha value is -2.26. The SMILES string of the molecule is O=c1ccn(C2OC(COCc3ccccc3)CC2(O)CCO)c(=O)[nH]1. The molecule has 0 amide bonds. The minimum Gasteiger partial charge on any atom is -0.396 e. The molecule has 2 aromatic rings. The molecule has 8 nitrogen and oxygen atoms in total. The Kier molecular flexibility index (Phi) is 5.67. The van der Waals surface area contributed by atoms with Gasteiger partial charge in [0.05, 0.1) is 19.3 Å². The molecular formula is C18H22N2O6. The zero-order valence-corrected chi connectivity index (χ0v) is 14.2. The highest BCUT2D eigenvalue weighted by atomic mass is 16.6. The van der Waals surface area contributed by atoms with Crippen LogP contribution in [0, 0.1) is 0 Å². The van der Waals surface area contributed by atoms with Crippen LogP contribution in [0.1, 0.15) is 24.6 Å². The molecule has 26 heavy (non-hydrogen) atoms. The van der Waals surface area contributed by atoms with Gasteiger partial charge in [0.15, 0.2) is 6.23 Å². The molecule has 0 bridgehead atoms. The summed E-state index contributed by atoms with van der Waals surface area (Å²) in [7, 11) is 0. The average molecular weight is 362 g/mol. The molecule has 1 aliphatic heterocycles. The molecule has 1 saturated heterocycles. The predicted molar refractivity (Wildman–Crippen MR) is 92.6 cm³/mol. The third-order valence-corrected chi connectivity index (χ3v) is 4.43. The smallest absolute Gasteiger partial charge is 0.330 e. The molecule has 0 radical (unpaired) electrons. The van der Waals surface area contributed by atoms with Crippen LogP contribution in [-0.2, 0) is 16.1 Å². The van der Waals surface area contributed by atoms with Crippen molar-refractivity contribution in [3.05, 3.63) is 69.0 Å². The third-order valence-electron chi connectivity index (χ3n) is 4.43. The third kappa shape index (κ3) is 4.10. The summed E-state index contributed by atoms with van der Waals surface area (Å²) in [5.74, 6) is 0. The van der Waals surface area contributed by atoms with Crippen LogP contribution in [0.25, 0.3) is 0 Å². The van der Waals surface area contributed by atoms with Crippen molar-refractivity contribution in [2.24, 2.45) is 0 Å². The van der Waals surface area contributed by atoms with Gasteiger partial charge in [0.25, 0.3) is 5.56 Å². The van der Waals surface area contributed by atoms with Gasteiger partial charge in [-0.05, 0) is 5.56 Å². The first-order valence-corrected chi connectivity index (χ1v) is 8.44. The van der Waals surface area contributed by atoms with Crippen molar-refractivity contribution in [3.8, 4) is 0 Å². The number of aliphatic hydroxyl groups excluding tert-OH is 1. The monoisotopic (exact) mass is 362 g/mol. The van der Waals surface area contributed by atoms with Gasteiger partial charge in [0, 0.05) is 31.7 Å². The maximum absolute atomic E-state index is 12.0. The second-order valence-corrected chi connectivity index (χ2v) is 6.41. The lowest BCUT2D eigenvalue weighted by Crippen LogP contribution is -2.42. The normalized spacial score (nSPS) is 25.5. The quantitative estimate of drug-likeness (QED) is 0.646. The van der Waals surface area contributed by atoms with Crippen molar-refractivity contribution >= 4 is 0 Å². The highest BCUT2D eigenvalue weighted by molar-refractivity contribution is 5.13. The molecule has 1 fully saturated rings. The Morgan fingerprint density at radius 3 is 2.73 bits per heavy atom. The molecule has 140 valence electrons. The number of aliphatic hydroxyl groups is 2. The van der Waals surface area contributed by atoms with Gasteiger partial charge in [-0.25, -0.2) is 4.79 Å². The topological polar surface area (TPSA) is 114 Å². The van der Waals surface area contributed by atoms with E-state index < -0.39 is 29.2 Å². The molecule has 1 aliphatic rings. The number of rotatable bonds is 7. The fourth-order valence-electron chi connectivity index (χ4n) is 3.19. The first-order chi connectivity index (χ1) is 12.5. The number of aromatic amines is 1. The van der Waals surface area contributed by atoms with Crippen molar-refractivity contribution in [1.29, 1.82) is 0 Å². The Morgan fingerprint density at radius 1 is 1.27 bits per heavy atom. The van der Waals surface area contributed by atoms with E-state index in [9.17, 15) is 19.8 Å². The second-order valence-electron chi connectivity index (χ2n) is 6.41. The van der Waals surface area contributed by atoms with Gasteiger partial charge in [0.2, 0.25) is 0 Å². The minimum absolute atomic E-state index is 0.0401. The number of hydrogen-bond donors (Lipinski definition) is 3. The summed E-state index contributed by atoms with van der Waals surface area (Å²) in [6.45, 7) is 0.381. The van der Waals surface area contributed by atoms with E-state index in [1.807, 2.05) is 30.3 Å². The number of ether oxygens (including phenoxy) is 2. The lowest BCUT2D eigenvalue weighted by Gasteiger charge is -2.28. The first-order valence-electron chi connectivity index (χ1n) is 8.44. The molecule has 3 unspecified atom stereocenters. The average Bonchev–Trinajstić information content (AvgIpc) is 2.92. The molecular weight excluding hydrogens is 340 g/mol. The maximum Gasteiger partial charge on any atom is 0.330 e. The van der Waals surface area contributed by atoms with Gasteiger partial charge in [-0.15, -0.1) is 0 Å². The van der Waals surface area contributed by atoms with E-state index in [0.717, 1.165) is 10.1 Å². The van der Waals surface area contributed by atoms with Gasteiger partial charge in [-0.3, -0.25) is 14.3 Å². The predicted octanol–water partition coefficient (Wildman–Crippen LogP) is 0.154. The van der Waals surface area contributed by atoms with Gasteiger partial charge in [-0.1, -0.05) is 30.3 Å². The Labute approximate surface area is 149 Å². The summed E-state index contributed by atoms with van der Waals surface area (Å²) in [5, 5.41) is 20.2. The van der Waals surface area contributed by atoms with E-state index in [4.69, 9.17) is 9.47 Å². The number of nitrogens with one attached hydrogen (secondary N) is 1. The molecule has 3 rings (SSSR count). The second kappa shape index (κ2) is 7.96. The van der Waals surface area contributed by atoms with E-state index in [2.05, 4.69) is 4.98 Å². The lowest BCUT2D eigenvalue weighted by atomic mass is 9.94. The lowest BCUT2D eigenvalue weighted by molar-refractivity contribution is -0.109. The number of nitrogens with zero attached hydrogens (tertiary/aromatic N) is 1. The number of benzene rings is 1. The number of H-pyrrole nitrogens is 1. The van der Waals surface area contributed by atoms with Gasteiger partial charge < -0.3 is 19.7 Å². The van der Waals surface area contributed by atoms with Gasteiger partial charge >= 0.3 is 5.69 Å². The standard InChI is InChI=1S/C18H22N2O6/c21-9-7-18(24)10-14(12-25-11-13-4-2-1-3-5-13)26-16(18)20-8-6-15(22)19-17(20)23/h1-6,8,14,16,21,24H,7,9-12H2,(H,19,22,23). The molecule has 3 atom stereocenters. The largest absolute Gasteiger partial charge is 0.396 e. The molecule has 2 heterocycles. The van der Waals surface area contributed by atoms with E-state index in [1.54, 1.807) is 0 Å². The molecule has 0 saturated carbocycles. The molecule has 0 spiro atoms. The summed E-state index contributed by atoms with van der Waals surface area (Å²) in [4.78, 5) is 25.4. The van der Waals surface area contributed by atoms with Crippen LogP contribution in [0.2, 0.25) is 0 Å². The summed E-state index contributed by atoms with van der Waals surface area (Å²) in [6.07, 6.45) is 0.0710. The Bertz CT molecular complexity index is 833. The molecule has 1 aromatic heterocycles. The fraction of sp³-hybridized carbons (Fsp3) is 0.444. The maximum atomic E-state index is 12.0. The number of aromatic nitrogens is 2. The highest BCUT2D eigenvalue weighted by Crippen LogP contribution is 2.39. The van der Waals surface area contributed by atoms with Crippen molar-refractivity contribution in [2.45, 2.75) is 37.4 Å². The summed E-state index contributed by atoms with van der Waals surface area (Å²) >= 11 is 0. The van der Waals surface area contributed by atoms with Crippen LogP contribution in [0.4, 0.5) is 0 Å². The zero-order valence-electron chi connectivity index (χ0n) is 14.2. The molecule has 1 aromatic carbocycles. The summed E-state index contributed by atoms with van der Waals surface area (Å²) < 4.78 is 12.6.